The molecule has 5 heteroatoms. The van der Waals surface area contributed by atoms with E-state index in [0.717, 1.165) is 13.0 Å². The van der Waals surface area contributed by atoms with E-state index in [1.165, 1.54) is 57.8 Å². The minimum absolute atomic E-state index is 0.576. The summed E-state index contributed by atoms with van der Waals surface area (Å²) in [5, 5.41) is 1.20. The van der Waals surface area contributed by atoms with E-state index in [-0.39, 0.29) is 0 Å². The Bertz CT molecular complexity index is 481. The highest BCUT2D eigenvalue weighted by Gasteiger charge is 2.27. The fourth-order valence-corrected chi connectivity index (χ4v) is 4.53. The molecule has 0 radical (unpaired) electrons. The second-order valence-electron chi connectivity index (χ2n) is 7.11. The Balaban J connectivity index is 2.09. The summed E-state index contributed by atoms with van der Waals surface area (Å²) in [5.74, 6) is 0.619. The summed E-state index contributed by atoms with van der Waals surface area (Å²) in [6.07, 6.45) is 13.3. The van der Waals surface area contributed by atoms with Crippen molar-refractivity contribution in [1.29, 1.82) is 0 Å². The topological polar surface area (TPSA) is 18.5 Å². The van der Waals surface area contributed by atoms with Crippen LogP contribution in [0.3, 0.4) is 0 Å². The van der Waals surface area contributed by atoms with Gasteiger partial charge in [0.05, 0.1) is 5.02 Å². The van der Waals surface area contributed by atoms with Crippen molar-refractivity contribution in [1.82, 2.24) is 0 Å². The molecule has 0 saturated heterocycles. The molecule has 2 nitrogen and oxygen atoms in total. The van der Waals surface area contributed by atoms with Gasteiger partial charge in [-0.05, 0) is 37.7 Å². The number of unbranched alkanes of at least 4 members (excludes halogenated alkanes) is 9. The molecule has 0 fully saturated rings. The van der Waals surface area contributed by atoms with Gasteiger partial charge in [0, 0.05) is 11.6 Å². The molecule has 0 atom stereocenters. The molecule has 144 valence electrons. The fourth-order valence-electron chi connectivity index (χ4n) is 2.76. The summed E-state index contributed by atoms with van der Waals surface area (Å²) >= 11 is 12.2. The zero-order valence-electron chi connectivity index (χ0n) is 16.1. The molecule has 0 aliphatic carbocycles. The smallest absolute Gasteiger partial charge is 0.392 e. The van der Waals surface area contributed by atoms with Gasteiger partial charge in [-0.1, -0.05) is 87.9 Å². The van der Waals surface area contributed by atoms with Crippen LogP contribution in [0.4, 0.5) is 0 Å². The van der Waals surface area contributed by atoms with Crippen molar-refractivity contribution < 1.29 is 8.85 Å². The number of rotatable bonds is 14. The average Bonchev–Trinajstić information content (AvgIpc) is 2.55. The normalized spacial score (nSPS) is 11.7. The quantitative estimate of drug-likeness (QED) is 0.230. The molecule has 0 aliphatic rings. The minimum atomic E-state index is -2.24. The zero-order chi connectivity index (χ0) is 18.5. The van der Waals surface area contributed by atoms with Gasteiger partial charge in [-0.3, -0.25) is 0 Å². The summed E-state index contributed by atoms with van der Waals surface area (Å²) in [5.41, 5.74) is 0. The van der Waals surface area contributed by atoms with E-state index >= 15 is 0 Å². The Labute approximate surface area is 165 Å². The van der Waals surface area contributed by atoms with Gasteiger partial charge in [0.25, 0.3) is 0 Å². The molecule has 0 spiro atoms. The van der Waals surface area contributed by atoms with Crippen molar-refractivity contribution in [3.05, 3.63) is 28.2 Å². The lowest BCUT2D eigenvalue weighted by atomic mass is 10.1. The van der Waals surface area contributed by atoms with E-state index in [1.807, 2.05) is 13.1 Å². The Hall–Kier alpha value is -0.223. The van der Waals surface area contributed by atoms with Gasteiger partial charge in [-0.25, -0.2) is 0 Å². The molecular formula is C20H34Cl2O2Si. The van der Waals surface area contributed by atoms with Crippen LogP contribution in [0.25, 0.3) is 0 Å². The average molecular weight is 405 g/mol. The summed E-state index contributed by atoms with van der Waals surface area (Å²) in [4.78, 5) is 0. The number of hydrogen-bond acceptors (Lipinski definition) is 2. The third kappa shape index (κ3) is 11.2. The van der Waals surface area contributed by atoms with E-state index in [4.69, 9.17) is 32.1 Å². The Kier molecular flexibility index (Phi) is 11.9. The molecule has 0 N–H and O–H groups in total. The van der Waals surface area contributed by atoms with Crippen LogP contribution in [0, 0.1) is 0 Å². The Morgan fingerprint density at radius 2 is 1.40 bits per heavy atom. The number of benzene rings is 1. The van der Waals surface area contributed by atoms with E-state index in [2.05, 4.69) is 6.92 Å². The molecule has 0 saturated carbocycles. The van der Waals surface area contributed by atoms with Gasteiger partial charge in [0.2, 0.25) is 0 Å². The van der Waals surface area contributed by atoms with Crippen LogP contribution in [0.2, 0.25) is 23.1 Å². The van der Waals surface area contributed by atoms with Crippen molar-refractivity contribution in [3.63, 3.8) is 0 Å². The lowest BCUT2D eigenvalue weighted by Gasteiger charge is -2.24. The SMILES string of the molecule is CCCCCCCCCCCCO[Si](C)(C)Oc1cc(Cl)ccc1Cl. The second kappa shape index (κ2) is 13.0. The first-order valence-corrected chi connectivity index (χ1v) is 13.3. The van der Waals surface area contributed by atoms with Crippen LogP contribution in [0.5, 0.6) is 5.75 Å². The van der Waals surface area contributed by atoms with Crippen LogP contribution >= 0.6 is 23.2 Å². The number of hydrogen-bond donors (Lipinski definition) is 0. The summed E-state index contributed by atoms with van der Waals surface area (Å²) in [6, 6.07) is 5.27. The van der Waals surface area contributed by atoms with Crippen LogP contribution in [-0.2, 0) is 4.43 Å². The third-order valence-corrected chi connectivity index (χ3v) is 6.35. The maximum Gasteiger partial charge on any atom is 0.392 e. The highest BCUT2D eigenvalue weighted by atomic mass is 35.5. The maximum absolute atomic E-state index is 6.16. The summed E-state index contributed by atoms with van der Waals surface area (Å²) in [7, 11) is -2.24. The van der Waals surface area contributed by atoms with Crippen molar-refractivity contribution in [2.75, 3.05) is 6.61 Å². The molecule has 0 aliphatic heterocycles. The fraction of sp³-hybridized carbons (Fsp3) is 0.700. The van der Waals surface area contributed by atoms with Crippen molar-refractivity contribution in [2.24, 2.45) is 0 Å². The first kappa shape index (κ1) is 22.8. The molecule has 1 aromatic rings. The molecular weight excluding hydrogens is 371 g/mol. The van der Waals surface area contributed by atoms with Gasteiger partial charge in [-0.2, -0.15) is 0 Å². The van der Waals surface area contributed by atoms with Gasteiger partial charge >= 0.3 is 8.56 Å². The lowest BCUT2D eigenvalue weighted by Crippen LogP contribution is -2.38. The predicted octanol–water partition coefficient (Wildman–Crippen LogP) is 8.01. The molecule has 1 aromatic carbocycles. The maximum atomic E-state index is 6.16. The van der Waals surface area contributed by atoms with E-state index < -0.39 is 8.56 Å². The van der Waals surface area contributed by atoms with Gasteiger partial charge in [0.1, 0.15) is 5.75 Å². The standard InChI is InChI=1S/C20H34Cl2O2Si/c1-4-5-6-7-8-9-10-11-12-13-16-23-25(2,3)24-20-17-18(21)14-15-19(20)22/h14-15,17H,4-13,16H2,1-3H3. The first-order valence-electron chi connectivity index (χ1n) is 9.72. The zero-order valence-corrected chi connectivity index (χ0v) is 18.6. The van der Waals surface area contributed by atoms with Crippen LogP contribution < -0.4 is 4.43 Å². The van der Waals surface area contributed by atoms with Crippen molar-refractivity contribution in [2.45, 2.75) is 84.2 Å². The van der Waals surface area contributed by atoms with Crippen LogP contribution in [-0.4, -0.2) is 15.2 Å². The molecule has 0 amide bonds. The molecule has 0 aromatic heterocycles. The highest BCUT2D eigenvalue weighted by molar-refractivity contribution is 6.65. The summed E-state index contributed by atoms with van der Waals surface area (Å²) in [6.45, 7) is 7.11. The van der Waals surface area contributed by atoms with Crippen LogP contribution in [0.1, 0.15) is 71.1 Å². The largest absolute Gasteiger partial charge is 0.519 e. The molecule has 25 heavy (non-hydrogen) atoms. The van der Waals surface area contributed by atoms with Crippen LogP contribution in [0.15, 0.2) is 18.2 Å². The molecule has 0 heterocycles. The van der Waals surface area contributed by atoms with Gasteiger partial charge in [0.15, 0.2) is 0 Å². The number of halogens is 2. The van der Waals surface area contributed by atoms with Crippen molar-refractivity contribution >= 4 is 31.8 Å². The molecule has 0 bridgehead atoms. The predicted molar refractivity (Wildman–Crippen MR) is 112 cm³/mol. The Morgan fingerprint density at radius 1 is 0.840 bits per heavy atom. The molecule has 0 unspecified atom stereocenters. The highest BCUT2D eigenvalue weighted by Crippen LogP contribution is 2.30. The first-order chi connectivity index (χ1) is 11.9. The van der Waals surface area contributed by atoms with Gasteiger partial charge in [-0.15, -0.1) is 0 Å². The monoisotopic (exact) mass is 404 g/mol. The molecule has 1 rings (SSSR count). The Morgan fingerprint density at radius 3 is 2.00 bits per heavy atom. The van der Waals surface area contributed by atoms with E-state index in [0.29, 0.717) is 15.8 Å². The van der Waals surface area contributed by atoms with Crippen molar-refractivity contribution in [3.8, 4) is 5.75 Å². The van der Waals surface area contributed by atoms with E-state index in [9.17, 15) is 0 Å². The second-order valence-corrected chi connectivity index (χ2v) is 11.2. The lowest BCUT2D eigenvalue weighted by molar-refractivity contribution is 0.241. The third-order valence-electron chi connectivity index (χ3n) is 4.20. The summed E-state index contributed by atoms with van der Waals surface area (Å²) < 4.78 is 12.0. The minimum Gasteiger partial charge on any atom is -0.519 e. The van der Waals surface area contributed by atoms with E-state index in [1.54, 1.807) is 18.2 Å². The van der Waals surface area contributed by atoms with Gasteiger partial charge < -0.3 is 8.85 Å².